The summed E-state index contributed by atoms with van der Waals surface area (Å²) in [6.45, 7) is 6.93. The molecule has 1 aliphatic rings. The maximum absolute atomic E-state index is 3.38. The van der Waals surface area contributed by atoms with E-state index in [0.717, 1.165) is 13.1 Å². The minimum absolute atomic E-state index is 0.599. The molecule has 1 atom stereocenters. The summed E-state index contributed by atoms with van der Waals surface area (Å²) in [5.74, 6) is 0. The lowest BCUT2D eigenvalue weighted by Crippen LogP contribution is -2.44. The Morgan fingerprint density at radius 3 is 2.85 bits per heavy atom. The van der Waals surface area contributed by atoms with Crippen LogP contribution in [-0.4, -0.2) is 31.1 Å². The van der Waals surface area contributed by atoms with Gasteiger partial charge in [0.1, 0.15) is 0 Å². The highest BCUT2D eigenvalue weighted by Crippen LogP contribution is 2.24. The highest BCUT2D eigenvalue weighted by Gasteiger charge is 2.17. The molecule has 72 valence electrons. The molecule has 1 fully saturated rings. The Labute approximate surface area is 83.6 Å². The smallest absolute Gasteiger partial charge is 0.0414 e. The van der Waals surface area contributed by atoms with Crippen molar-refractivity contribution in [3.63, 3.8) is 0 Å². The standard InChI is InChI=1S/C10H16N2S/c1-9(10-3-2-8-13-10)12-6-4-11-5-7-12/h2-3,8-9,11H,4-7H2,1H3. The second-order valence-electron chi connectivity index (χ2n) is 3.48. The summed E-state index contributed by atoms with van der Waals surface area (Å²) in [7, 11) is 0. The van der Waals surface area contributed by atoms with Gasteiger partial charge in [-0.05, 0) is 18.4 Å². The Bertz CT molecular complexity index is 239. The Morgan fingerprint density at radius 1 is 1.46 bits per heavy atom. The fourth-order valence-corrected chi connectivity index (χ4v) is 2.60. The lowest BCUT2D eigenvalue weighted by Gasteiger charge is -2.32. The van der Waals surface area contributed by atoms with E-state index < -0.39 is 0 Å². The van der Waals surface area contributed by atoms with Crippen LogP contribution in [0.5, 0.6) is 0 Å². The first-order valence-corrected chi connectivity index (χ1v) is 5.74. The molecular formula is C10H16N2S. The Morgan fingerprint density at radius 2 is 2.23 bits per heavy atom. The number of thiophene rings is 1. The Balaban J connectivity index is 1.99. The van der Waals surface area contributed by atoms with Crippen molar-refractivity contribution in [2.45, 2.75) is 13.0 Å². The molecule has 0 amide bonds. The molecule has 1 aliphatic heterocycles. The first-order chi connectivity index (χ1) is 6.38. The van der Waals surface area contributed by atoms with Crippen LogP contribution in [-0.2, 0) is 0 Å². The maximum atomic E-state index is 3.38. The van der Waals surface area contributed by atoms with Gasteiger partial charge in [-0.2, -0.15) is 0 Å². The van der Waals surface area contributed by atoms with Crippen LogP contribution in [0.1, 0.15) is 17.8 Å². The molecule has 2 rings (SSSR count). The van der Waals surface area contributed by atoms with Gasteiger partial charge in [-0.1, -0.05) is 6.07 Å². The second-order valence-corrected chi connectivity index (χ2v) is 4.46. The predicted molar refractivity (Wildman–Crippen MR) is 57.2 cm³/mol. The number of hydrogen-bond donors (Lipinski definition) is 1. The zero-order valence-electron chi connectivity index (χ0n) is 7.99. The van der Waals surface area contributed by atoms with Gasteiger partial charge in [-0.3, -0.25) is 4.90 Å². The summed E-state index contributed by atoms with van der Waals surface area (Å²) in [5.41, 5.74) is 0. The van der Waals surface area contributed by atoms with Crippen molar-refractivity contribution in [2.75, 3.05) is 26.2 Å². The monoisotopic (exact) mass is 196 g/mol. The first-order valence-electron chi connectivity index (χ1n) is 4.86. The molecule has 2 nitrogen and oxygen atoms in total. The van der Waals surface area contributed by atoms with Gasteiger partial charge in [-0.15, -0.1) is 11.3 Å². The van der Waals surface area contributed by atoms with Gasteiger partial charge >= 0.3 is 0 Å². The Hall–Kier alpha value is -0.380. The van der Waals surface area contributed by atoms with E-state index in [4.69, 9.17) is 0 Å². The zero-order valence-corrected chi connectivity index (χ0v) is 8.81. The molecule has 3 heteroatoms. The number of hydrogen-bond acceptors (Lipinski definition) is 3. The average Bonchev–Trinajstić information content (AvgIpc) is 2.71. The first kappa shape index (κ1) is 9.19. The minimum Gasteiger partial charge on any atom is -0.314 e. The van der Waals surface area contributed by atoms with Gasteiger partial charge in [0, 0.05) is 37.1 Å². The topological polar surface area (TPSA) is 15.3 Å². The van der Waals surface area contributed by atoms with E-state index in [-0.39, 0.29) is 0 Å². The van der Waals surface area contributed by atoms with Gasteiger partial charge < -0.3 is 5.32 Å². The number of nitrogens with zero attached hydrogens (tertiary/aromatic N) is 1. The largest absolute Gasteiger partial charge is 0.314 e. The van der Waals surface area contributed by atoms with Crippen LogP contribution in [0.15, 0.2) is 17.5 Å². The average molecular weight is 196 g/mol. The van der Waals surface area contributed by atoms with Gasteiger partial charge in [0.15, 0.2) is 0 Å². The van der Waals surface area contributed by atoms with Crippen molar-refractivity contribution < 1.29 is 0 Å². The third-order valence-corrected chi connectivity index (χ3v) is 3.70. The molecule has 0 radical (unpaired) electrons. The summed E-state index contributed by atoms with van der Waals surface area (Å²) < 4.78 is 0. The zero-order chi connectivity index (χ0) is 9.10. The lowest BCUT2D eigenvalue weighted by atomic mass is 10.2. The van der Waals surface area contributed by atoms with Gasteiger partial charge in [0.2, 0.25) is 0 Å². The molecule has 0 aromatic carbocycles. The van der Waals surface area contributed by atoms with Crippen molar-refractivity contribution in [3.05, 3.63) is 22.4 Å². The molecule has 0 bridgehead atoms. The highest BCUT2D eigenvalue weighted by molar-refractivity contribution is 7.10. The van der Waals surface area contributed by atoms with E-state index in [2.05, 4.69) is 34.7 Å². The van der Waals surface area contributed by atoms with Crippen LogP contribution in [0.4, 0.5) is 0 Å². The van der Waals surface area contributed by atoms with Crippen LogP contribution in [0.3, 0.4) is 0 Å². The second kappa shape index (κ2) is 4.22. The summed E-state index contributed by atoms with van der Waals surface area (Å²) in [4.78, 5) is 4.03. The van der Waals surface area contributed by atoms with Crippen LogP contribution in [0.25, 0.3) is 0 Å². The summed E-state index contributed by atoms with van der Waals surface area (Å²) >= 11 is 1.86. The molecule has 1 unspecified atom stereocenters. The molecule has 2 heterocycles. The maximum Gasteiger partial charge on any atom is 0.0414 e. The van der Waals surface area contributed by atoms with Crippen molar-refractivity contribution in [2.24, 2.45) is 0 Å². The SMILES string of the molecule is CC(c1cccs1)N1CCNCC1. The number of piperazine rings is 1. The molecule has 1 aromatic heterocycles. The lowest BCUT2D eigenvalue weighted by molar-refractivity contribution is 0.188. The summed E-state index contributed by atoms with van der Waals surface area (Å²) in [6, 6.07) is 4.97. The van der Waals surface area contributed by atoms with Crippen LogP contribution in [0.2, 0.25) is 0 Å². The van der Waals surface area contributed by atoms with Crippen molar-refractivity contribution in [3.8, 4) is 0 Å². The van der Waals surface area contributed by atoms with Crippen molar-refractivity contribution in [1.29, 1.82) is 0 Å². The van der Waals surface area contributed by atoms with E-state index in [0.29, 0.717) is 6.04 Å². The number of rotatable bonds is 2. The predicted octanol–water partition coefficient (Wildman–Crippen LogP) is 1.71. The number of nitrogens with one attached hydrogen (secondary N) is 1. The third kappa shape index (κ3) is 2.10. The van der Waals surface area contributed by atoms with E-state index in [1.807, 2.05) is 11.3 Å². The quantitative estimate of drug-likeness (QED) is 0.774. The third-order valence-electron chi connectivity index (χ3n) is 2.65. The highest BCUT2D eigenvalue weighted by atomic mass is 32.1. The van der Waals surface area contributed by atoms with Crippen molar-refractivity contribution >= 4 is 11.3 Å². The molecule has 1 aromatic rings. The summed E-state index contributed by atoms with van der Waals surface area (Å²) in [5, 5.41) is 5.54. The molecular weight excluding hydrogens is 180 g/mol. The fraction of sp³-hybridized carbons (Fsp3) is 0.600. The van der Waals surface area contributed by atoms with Crippen LogP contribution >= 0.6 is 11.3 Å². The van der Waals surface area contributed by atoms with Crippen molar-refractivity contribution in [1.82, 2.24) is 10.2 Å². The van der Waals surface area contributed by atoms with E-state index in [1.165, 1.54) is 18.0 Å². The Kier molecular flexibility index (Phi) is 2.98. The fourth-order valence-electron chi connectivity index (χ4n) is 1.78. The van der Waals surface area contributed by atoms with Gasteiger partial charge in [-0.25, -0.2) is 0 Å². The van der Waals surface area contributed by atoms with E-state index in [9.17, 15) is 0 Å². The van der Waals surface area contributed by atoms with Crippen LogP contribution in [0, 0.1) is 0 Å². The van der Waals surface area contributed by atoms with Crippen LogP contribution < -0.4 is 5.32 Å². The van der Waals surface area contributed by atoms with E-state index >= 15 is 0 Å². The normalized spacial score (nSPS) is 21.6. The molecule has 0 saturated carbocycles. The molecule has 1 N–H and O–H groups in total. The molecule has 13 heavy (non-hydrogen) atoms. The van der Waals surface area contributed by atoms with E-state index in [1.54, 1.807) is 0 Å². The molecule has 0 aliphatic carbocycles. The minimum atomic E-state index is 0.599. The molecule has 0 spiro atoms. The van der Waals surface area contributed by atoms with Gasteiger partial charge in [0.25, 0.3) is 0 Å². The van der Waals surface area contributed by atoms with Gasteiger partial charge in [0.05, 0.1) is 0 Å². The summed E-state index contributed by atoms with van der Waals surface area (Å²) in [6.07, 6.45) is 0. The molecule has 1 saturated heterocycles.